The Hall–Kier alpha value is -4.21. The van der Waals surface area contributed by atoms with Gasteiger partial charge < -0.3 is 16.2 Å². The van der Waals surface area contributed by atoms with E-state index < -0.39 is 6.09 Å². The number of methoxy groups -OCH3 is 1. The highest BCUT2D eigenvalue weighted by atomic mass is 19.1. The van der Waals surface area contributed by atoms with Gasteiger partial charge in [0.15, 0.2) is 11.6 Å². The van der Waals surface area contributed by atoms with Crippen molar-refractivity contribution in [3.63, 3.8) is 0 Å². The molecule has 1 amide bonds. The Balaban J connectivity index is 1.85. The number of halogens is 1. The van der Waals surface area contributed by atoms with Gasteiger partial charge >= 0.3 is 6.09 Å². The molecule has 2 heterocycles. The average molecular weight is 435 g/mol. The van der Waals surface area contributed by atoms with E-state index in [0.717, 1.165) is 21.4 Å². The van der Waals surface area contributed by atoms with Crippen LogP contribution in [-0.2, 0) is 11.2 Å². The summed E-state index contributed by atoms with van der Waals surface area (Å²) in [6.45, 7) is 1.97. The Morgan fingerprint density at radius 2 is 1.84 bits per heavy atom. The Labute approximate surface area is 183 Å². The van der Waals surface area contributed by atoms with Crippen LogP contribution in [0.15, 0.2) is 42.5 Å². The van der Waals surface area contributed by atoms with Crippen molar-refractivity contribution < 1.29 is 13.9 Å². The van der Waals surface area contributed by atoms with Crippen molar-refractivity contribution in [1.82, 2.24) is 19.7 Å². The zero-order chi connectivity index (χ0) is 23.0. The quantitative estimate of drug-likeness (QED) is 0.504. The van der Waals surface area contributed by atoms with Crippen molar-refractivity contribution in [2.45, 2.75) is 13.3 Å². The van der Waals surface area contributed by atoms with Gasteiger partial charge in [-0.25, -0.2) is 9.18 Å². The molecular formula is C22H22FN7O2. The maximum absolute atomic E-state index is 14.3. The molecule has 0 atom stereocenters. The van der Waals surface area contributed by atoms with Crippen LogP contribution in [0.4, 0.5) is 26.5 Å². The van der Waals surface area contributed by atoms with Gasteiger partial charge in [0.1, 0.15) is 11.5 Å². The van der Waals surface area contributed by atoms with Crippen LogP contribution in [0.1, 0.15) is 16.8 Å². The number of nitrogens with zero attached hydrogens (tertiary/aromatic N) is 5. The summed E-state index contributed by atoms with van der Waals surface area (Å²) in [5, 5.41) is 5.49. The minimum Gasteiger partial charge on any atom is -0.452 e. The van der Waals surface area contributed by atoms with Crippen LogP contribution in [0.5, 0.6) is 0 Å². The zero-order valence-electron chi connectivity index (χ0n) is 17.8. The Morgan fingerprint density at radius 3 is 2.50 bits per heavy atom. The number of amides is 1. The molecule has 0 saturated carbocycles. The maximum atomic E-state index is 14.3. The number of carbonyl (C=O) groups excluding carboxylic acids is 1. The molecule has 0 saturated heterocycles. The lowest BCUT2D eigenvalue weighted by molar-refractivity contribution is 0.180. The molecule has 0 radical (unpaired) electrons. The molecule has 4 rings (SSSR count). The molecule has 10 heteroatoms. The number of anilines is 3. The summed E-state index contributed by atoms with van der Waals surface area (Å²) in [6, 6.07) is 12.4. The number of hydrogen-bond donors (Lipinski definition) is 2. The summed E-state index contributed by atoms with van der Waals surface area (Å²) in [5.41, 5.74) is 15.3. The number of nitrogens with two attached hydrogens (primary N) is 2. The molecule has 0 spiro atoms. The van der Waals surface area contributed by atoms with Crippen LogP contribution in [0.3, 0.4) is 0 Å². The molecule has 0 aliphatic heterocycles. The van der Waals surface area contributed by atoms with Gasteiger partial charge in [-0.1, -0.05) is 29.8 Å². The molecule has 0 unspecified atom stereocenters. The van der Waals surface area contributed by atoms with E-state index >= 15 is 0 Å². The number of ether oxygens (including phenoxy) is 1. The van der Waals surface area contributed by atoms with Crippen LogP contribution >= 0.6 is 0 Å². The number of carbonyl (C=O) groups is 1. The van der Waals surface area contributed by atoms with Crippen LogP contribution in [-0.4, -0.2) is 40.0 Å². The van der Waals surface area contributed by atoms with E-state index in [4.69, 9.17) is 16.2 Å². The van der Waals surface area contributed by atoms with E-state index in [1.54, 1.807) is 18.2 Å². The lowest BCUT2D eigenvalue weighted by Gasteiger charge is -2.18. The van der Waals surface area contributed by atoms with Crippen LogP contribution in [0.25, 0.3) is 16.9 Å². The number of hydrogen-bond acceptors (Lipinski definition) is 7. The smallest absolute Gasteiger partial charge is 0.413 e. The molecule has 0 bridgehead atoms. The Kier molecular flexibility index (Phi) is 5.35. The van der Waals surface area contributed by atoms with Crippen LogP contribution < -0.4 is 16.4 Å². The van der Waals surface area contributed by atoms with Gasteiger partial charge in [0, 0.05) is 18.9 Å². The number of benzene rings is 2. The molecule has 32 heavy (non-hydrogen) atoms. The number of rotatable bonds is 4. The largest absolute Gasteiger partial charge is 0.452 e. The standard InChI is InChI=1S/C22H22FN7O2/c1-12-8-9-17-14(10-12)16(11-13-6-4-5-7-15(13)23)28-30(17)21-26-19(24)18(20(25)27-21)29(2)22(31)32-3/h4-10H,11H2,1-3H3,(H4,24,25,26,27). The van der Waals surface area contributed by atoms with Gasteiger partial charge in [-0.3, -0.25) is 4.90 Å². The van der Waals surface area contributed by atoms with Gasteiger partial charge in [-0.15, -0.1) is 0 Å². The minimum absolute atomic E-state index is 0.00758. The van der Waals surface area contributed by atoms with E-state index in [0.29, 0.717) is 11.3 Å². The maximum Gasteiger partial charge on any atom is 0.413 e. The van der Waals surface area contributed by atoms with E-state index in [1.165, 1.54) is 24.9 Å². The van der Waals surface area contributed by atoms with E-state index in [2.05, 4.69) is 15.1 Å². The van der Waals surface area contributed by atoms with Gasteiger partial charge in [0.25, 0.3) is 5.95 Å². The van der Waals surface area contributed by atoms with Crippen molar-refractivity contribution in [3.05, 3.63) is 65.1 Å². The fourth-order valence-corrected chi connectivity index (χ4v) is 3.54. The summed E-state index contributed by atoms with van der Waals surface area (Å²) in [6.07, 6.45) is -0.375. The molecule has 4 N–H and O–H groups in total. The van der Waals surface area contributed by atoms with Crippen molar-refractivity contribution in [1.29, 1.82) is 0 Å². The summed E-state index contributed by atoms with van der Waals surface area (Å²) in [4.78, 5) is 21.6. The van der Waals surface area contributed by atoms with E-state index in [9.17, 15) is 9.18 Å². The van der Waals surface area contributed by atoms with Gasteiger partial charge in [0.2, 0.25) is 0 Å². The predicted octanol–water partition coefficient (Wildman–Crippen LogP) is 3.22. The first-order valence-electron chi connectivity index (χ1n) is 9.76. The second-order valence-corrected chi connectivity index (χ2v) is 7.32. The predicted molar refractivity (Wildman–Crippen MR) is 120 cm³/mol. The first kappa shape index (κ1) is 21.0. The normalized spacial score (nSPS) is 11.0. The van der Waals surface area contributed by atoms with E-state index in [-0.39, 0.29) is 35.5 Å². The fraction of sp³-hybridized carbons (Fsp3) is 0.182. The zero-order valence-corrected chi connectivity index (χ0v) is 17.8. The molecule has 0 fully saturated rings. The topological polar surface area (TPSA) is 125 Å². The number of fused-ring (bicyclic) bond motifs is 1. The van der Waals surface area contributed by atoms with Gasteiger partial charge in [0.05, 0.1) is 18.3 Å². The molecule has 164 valence electrons. The molecule has 4 aromatic rings. The SMILES string of the molecule is COC(=O)N(C)c1c(N)nc(-n2nc(Cc3ccccc3F)c3cc(C)ccc32)nc1N. The Morgan fingerprint density at radius 1 is 1.16 bits per heavy atom. The highest BCUT2D eigenvalue weighted by Gasteiger charge is 2.22. The summed E-state index contributed by atoms with van der Waals surface area (Å²) in [5.74, 6) is -0.183. The third-order valence-corrected chi connectivity index (χ3v) is 5.13. The average Bonchev–Trinajstić information content (AvgIpc) is 3.11. The number of aromatic nitrogens is 4. The van der Waals surface area contributed by atoms with Crippen molar-refractivity contribution in [2.75, 3.05) is 30.5 Å². The highest BCUT2D eigenvalue weighted by Crippen LogP contribution is 2.30. The second-order valence-electron chi connectivity index (χ2n) is 7.32. The highest BCUT2D eigenvalue weighted by molar-refractivity contribution is 5.94. The molecule has 0 aliphatic carbocycles. The van der Waals surface area contributed by atoms with Crippen molar-refractivity contribution in [3.8, 4) is 5.95 Å². The molecular weight excluding hydrogens is 413 g/mol. The van der Waals surface area contributed by atoms with Crippen molar-refractivity contribution in [2.24, 2.45) is 0 Å². The number of nitrogen functional groups attached to an aromatic ring is 2. The molecule has 9 nitrogen and oxygen atoms in total. The fourth-order valence-electron chi connectivity index (χ4n) is 3.54. The third kappa shape index (κ3) is 3.66. The lowest BCUT2D eigenvalue weighted by Crippen LogP contribution is -2.28. The Bertz CT molecular complexity index is 1310. The second kappa shape index (κ2) is 8.14. The summed E-state index contributed by atoms with van der Waals surface area (Å²) in [7, 11) is 2.70. The minimum atomic E-state index is -0.660. The van der Waals surface area contributed by atoms with Gasteiger partial charge in [-0.05, 0) is 30.7 Å². The molecule has 2 aromatic carbocycles. The van der Waals surface area contributed by atoms with Crippen LogP contribution in [0.2, 0.25) is 0 Å². The molecule has 0 aliphatic rings. The van der Waals surface area contributed by atoms with Crippen LogP contribution in [0, 0.1) is 12.7 Å². The first-order valence-corrected chi connectivity index (χ1v) is 9.76. The monoisotopic (exact) mass is 435 g/mol. The first-order chi connectivity index (χ1) is 15.3. The van der Waals surface area contributed by atoms with E-state index in [1.807, 2.05) is 25.1 Å². The summed E-state index contributed by atoms with van der Waals surface area (Å²) < 4.78 is 20.5. The van der Waals surface area contributed by atoms with Gasteiger partial charge in [-0.2, -0.15) is 19.7 Å². The third-order valence-electron chi connectivity index (χ3n) is 5.13. The summed E-state index contributed by atoms with van der Waals surface area (Å²) >= 11 is 0. The molecule has 2 aromatic heterocycles. The number of aryl methyl sites for hydroxylation is 1. The lowest BCUT2D eigenvalue weighted by atomic mass is 10.1. The van der Waals surface area contributed by atoms with Crippen molar-refractivity contribution >= 4 is 34.3 Å².